The molecule has 0 radical (unpaired) electrons. The second-order valence-corrected chi connectivity index (χ2v) is 6.17. The summed E-state index contributed by atoms with van der Waals surface area (Å²) in [6.07, 6.45) is 1.63. The van der Waals surface area contributed by atoms with E-state index in [1.165, 1.54) is 11.8 Å². The van der Waals surface area contributed by atoms with Crippen molar-refractivity contribution in [2.75, 3.05) is 25.3 Å². The molecule has 2 aromatic carbocycles. The number of rotatable bonds is 7. The van der Waals surface area contributed by atoms with Crippen molar-refractivity contribution in [2.45, 2.75) is 5.16 Å². The van der Waals surface area contributed by atoms with E-state index in [-0.39, 0.29) is 11.7 Å². The number of aromatic nitrogens is 3. The van der Waals surface area contributed by atoms with Crippen LogP contribution in [0.2, 0.25) is 0 Å². The third-order valence-electron chi connectivity index (χ3n) is 3.55. The second kappa shape index (κ2) is 8.39. The van der Waals surface area contributed by atoms with E-state index in [9.17, 15) is 4.79 Å². The van der Waals surface area contributed by atoms with Crippen molar-refractivity contribution in [1.29, 1.82) is 0 Å². The van der Waals surface area contributed by atoms with Crippen molar-refractivity contribution >= 4 is 23.4 Å². The number of hydrogen-bond donors (Lipinski definition) is 1. The number of carbonyl (C=O) groups excluding carboxylic acids is 1. The van der Waals surface area contributed by atoms with Gasteiger partial charge < -0.3 is 14.8 Å². The second-order valence-electron chi connectivity index (χ2n) is 5.23. The Morgan fingerprint density at radius 1 is 1.12 bits per heavy atom. The lowest BCUT2D eigenvalue weighted by molar-refractivity contribution is -0.113. The van der Waals surface area contributed by atoms with Gasteiger partial charge in [-0.3, -0.25) is 9.36 Å². The van der Waals surface area contributed by atoms with Gasteiger partial charge in [0.25, 0.3) is 0 Å². The smallest absolute Gasteiger partial charge is 0.234 e. The summed E-state index contributed by atoms with van der Waals surface area (Å²) in [5.41, 5.74) is 1.58. The van der Waals surface area contributed by atoms with E-state index in [4.69, 9.17) is 9.47 Å². The lowest BCUT2D eigenvalue weighted by Gasteiger charge is -2.10. The molecular formula is C18H18N4O3S. The number of para-hydroxylation sites is 1. The van der Waals surface area contributed by atoms with Gasteiger partial charge in [-0.1, -0.05) is 30.0 Å². The molecule has 1 N–H and O–H groups in total. The highest BCUT2D eigenvalue weighted by molar-refractivity contribution is 7.99. The number of amides is 1. The molecule has 0 fully saturated rings. The van der Waals surface area contributed by atoms with Gasteiger partial charge in [-0.05, 0) is 24.3 Å². The van der Waals surface area contributed by atoms with E-state index in [2.05, 4.69) is 15.5 Å². The molecule has 0 aliphatic rings. The van der Waals surface area contributed by atoms with Crippen LogP contribution in [0.1, 0.15) is 0 Å². The van der Waals surface area contributed by atoms with Gasteiger partial charge in [-0.25, -0.2) is 0 Å². The molecule has 0 atom stereocenters. The molecular weight excluding hydrogens is 352 g/mol. The van der Waals surface area contributed by atoms with Gasteiger partial charge in [-0.2, -0.15) is 0 Å². The number of anilines is 1. The number of carbonyl (C=O) groups is 1. The van der Waals surface area contributed by atoms with Crippen LogP contribution in [-0.4, -0.2) is 40.6 Å². The molecule has 0 saturated carbocycles. The molecule has 0 aliphatic heterocycles. The van der Waals surface area contributed by atoms with Crippen molar-refractivity contribution in [3.05, 3.63) is 54.9 Å². The van der Waals surface area contributed by atoms with E-state index in [1.54, 1.807) is 38.7 Å². The summed E-state index contributed by atoms with van der Waals surface area (Å²) in [5.74, 6) is 1.22. The molecule has 0 spiro atoms. The molecule has 0 saturated heterocycles. The largest absolute Gasteiger partial charge is 0.493 e. The summed E-state index contributed by atoms with van der Waals surface area (Å²) in [7, 11) is 3.12. The normalized spacial score (nSPS) is 10.4. The highest BCUT2D eigenvalue weighted by atomic mass is 32.2. The van der Waals surface area contributed by atoms with Gasteiger partial charge in [-0.15, -0.1) is 10.2 Å². The number of nitrogens with zero attached hydrogens (tertiary/aromatic N) is 3. The number of methoxy groups -OCH3 is 2. The number of ether oxygens (including phenoxy) is 2. The fourth-order valence-electron chi connectivity index (χ4n) is 2.33. The zero-order valence-electron chi connectivity index (χ0n) is 14.4. The Morgan fingerprint density at radius 3 is 2.62 bits per heavy atom. The molecule has 1 heterocycles. The third-order valence-corrected chi connectivity index (χ3v) is 4.49. The lowest BCUT2D eigenvalue weighted by Crippen LogP contribution is -2.14. The monoisotopic (exact) mass is 370 g/mol. The van der Waals surface area contributed by atoms with Crippen LogP contribution >= 0.6 is 11.8 Å². The minimum absolute atomic E-state index is 0.148. The summed E-state index contributed by atoms with van der Waals surface area (Å²) >= 11 is 1.31. The van der Waals surface area contributed by atoms with Gasteiger partial charge in [0.1, 0.15) is 6.33 Å². The van der Waals surface area contributed by atoms with E-state index >= 15 is 0 Å². The van der Waals surface area contributed by atoms with Crippen LogP contribution in [0.4, 0.5) is 5.69 Å². The third kappa shape index (κ3) is 4.15. The van der Waals surface area contributed by atoms with E-state index < -0.39 is 0 Å². The highest BCUT2D eigenvalue weighted by Gasteiger charge is 2.11. The standard InChI is InChI=1S/C18H18N4O3S/c1-24-15-9-8-13(10-16(15)25-2)20-17(23)11-26-18-21-19-12-22(18)14-6-4-3-5-7-14/h3-10,12H,11H2,1-2H3,(H,20,23). The van der Waals surface area contributed by atoms with Crippen LogP contribution in [0.25, 0.3) is 5.69 Å². The number of nitrogens with one attached hydrogen (secondary N) is 1. The Bertz CT molecular complexity index is 883. The molecule has 0 bridgehead atoms. The first-order valence-corrected chi connectivity index (χ1v) is 8.80. The maximum absolute atomic E-state index is 12.2. The first-order valence-electron chi connectivity index (χ1n) is 7.81. The van der Waals surface area contributed by atoms with Crippen molar-refractivity contribution in [3.63, 3.8) is 0 Å². The molecule has 1 aromatic heterocycles. The summed E-state index contributed by atoms with van der Waals surface area (Å²) < 4.78 is 12.3. The zero-order chi connectivity index (χ0) is 18.4. The maximum atomic E-state index is 12.2. The predicted octanol–water partition coefficient (Wildman–Crippen LogP) is 3.02. The molecule has 8 heteroatoms. The van der Waals surface area contributed by atoms with Crippen molar-refractivity contribution in [1.82, 2.24) is 14.8 Å². The number of thioether (sulfide) groups is 1. The Kier molecular flexibility index (Phi) is 5.75. The minimum Gasteiger partial charge on any atom is -0.493 e. The first kappa shape index (κ1) is 17.8. The van der Waals surface area contributed by atoms with Crippen LogP contribution in [0.3, 0.4) is 0 Å². The molecule has 0 unspecified atom stereocenters. The fourth-order valence-corrected chi connectivity index (χ4v) is 3.06. The molecule has 134 valence electrons. The quantitative estimate of drug-likeness (QED) is 0.644. The summed E-state index contributed by atoms with van der Waals surface area (Å²) in [5, 5.41) is 11.5. The summed E-state index contributed by atoms with van der Waals surface area (Å²) in [6, 6.07) is 14.9. The van der Waals surface area contributed by atoms with Gasteiger partial charge >= 0.3 is 0 Å². The van der Waals surface area contributed by atoms with Crippen molar-refractivity contribution in [3.8, 4) is 17.2 Å². The van der Waals surface area contributed by atoms with Crippen molar-refractivity contribution in [2.24, 2.45) is 0 Å². The van der Waals surface area contributed by atoms with Crippen LogP contribution in [0.5, 0.6) is 11.5 Å². The zero-order valence-corrected chi connectivity index (χ0v) is 15.2. The Hall–Kier alpha value is -3.00. The molecule has 0 aliphatic carbocycles. The van der Waals surface area contributed by atoms with Crippen LogP contribution in [0.15, 0.2) is 60.0 Å². The highest BCUT2D eigenvalue weighted by Crippen LogP contribution is 2.30. The van der Waals surface area contributed by atoms with Crippen LogP contribution in [0, 0.1) is 0 Å². The fraction of sp³-hybridized carbons (Fsp3) is 0.167. The van der Waals surface area contributed by atoms with Gasteiger partial charge in [0.2, 0.25) is 5.91 Å². The summed E-state index contributed by atoms with van der Waals surface area (Å²) in [6.45, 7) is 0. The number of benzene rings is 2. The molecule has 3 rings (SSSR count). The minimum atomic E-state index is -0.148. The number of hydrogen-bond acceptors (Lipinski definition) is 6. The van der Waals surface area contributed by atoms with Gasteiger partial charge in [0.05, 0.1) is 20.0 Å². The van der Waals surface area contributed by atoms with Crippen molar-refractivity contribution < 1.29 is 14.3 Å². The Balaban J connectivity index is 1.63. The van der Waals surface area contributed by atoms with Crippen LogP contribution in [-0.2, 0) is 4.79 Å². The van der Waals surface area contributed by atoms with E-state index in [0.717, 1.165) is 5.69 Å². The topological polar surface area (TPSA) is 78.3 Å². The molecule has 3 aromatic rings. The average Bonchev–Trinajstić information content (AvgIpc) is 3.15. The predicted molar refractivity (Wildman–Crippen MR) is 100 cm³/mol. The molecule has 1 amide bonds. The maximum Gasteiger partial charge on any atom is 0.234 e. The Labute approximate surface area is 155 Å². The van der Waals surface area contributed by atoms with E-state index in [0.29, 0.717) is 22.3 Å². The SMILES string of the molecule is COc1ccc(NC(=O)CSc2nncn2-c2ccccc2)cc1OC. The Morgan fingerprint density at radius 2 is 1.88 bits per heavy atom. The lowest BCUT2D eigenvalue weighted by atomic mass is 10.2. The van der Waals surface area contributed by atoms with E-state index in [1.807, 2.05) is 34.9 Å². The van der Waals surface area contributed by atoms with Crippen LogP contribution < -0.4 is 14.8 Å². The average molecular weight is 370 g/mol. The first-order chi connectivity index (χ1) is 12.7. The van der Waals surface area contributed by atoms with Gasteiger partial charge in [0.15, 0.2) is 16.7 Å². The molecule has 7 nitrogen and oxygen atoms in total. The van der Waals surface area contributed by atoms with Gasteiger partial charge in [0, 0.05) is 17.4 Å². The summed E-state index contributed by atoms with van der Waals surface area (Å²) in [4.78, 5) is 12.2. The molecule has 26 heavy (non-hydrogen) atoms.